The van der Waals surface area contributed by atoms with Crippen LogP contribution in [-0.4, -0.2) is 35.7 Å². The first kappa shape index (κ1) is 14.9. The second-order valence-electron chi connectivity index (χ2n) is 6.95. The fourth-order valence-corrected chi connectivity index (χ4v) is 3.30. The van der Waals surface area contributed by atoms with Crippen LogP contribution < -0.4 is 5.32 Å². The molecule has 23 heavy (non-hydrogen) atoms. The summed E-state index contributed by atoms with van der Waals surface area (Å²) in [5.74, 6) is 1.83. The Balaban J connectivity index is 1.27. The van der Waals surface area contributed by atoms with Crippen LogP contribution in [0, 0.1) is 5.92 Å². The van der Waals surface area contributed by atoms with Crippen molar-refractivity contribution >= 4 is 0 Å². The molecule has 1 aliphatic heterocycles. The predicted molar refractivity (Wildman–Crippen MR) is 91.0 cm³/mol. The van der Waals surface area contributed by atoms with Gasteiger partial charge in [0, 0.05) is 37.3 Å². The number of likely N-dealkylation sites (tertiary alicyclic amines) is 1. The maximum absolute atomic E-state index is 5.50. The van der Waals surface area contributed by atoms with Crippen molar-refractivity contribution in [3.05, 3.63) is 42.1 Å². The minimum absolute atomic E-state index is 0.712. The topological polar surface area (TPSA) is 41.3 Å². The minimum atomic E-state index is 0.712. The van der Waals surface area contributed by atoms with Crippen LogP contribution in [0.15, 0.2) is 40.9 Å². The van der Waals surface area contributed by atoms with E-state index in [4.69, 9.17) is 4.52 Å². The van der Waals surface area contributed by atoms with E-state index in [1.807, 2.05) is 18.2 Å². The van der Waals surface area contributed by atoms with Crippen LogP contribution in [0.5, 0.6) is 0 Å². The number of hydrogen-bond acceptors (Lipinski definition) is 4. The first-order valence-electron chi connectivity index (χ1n) is 8.83. The molecule has 0 bridgehead atoms. The lowest BCUT2D eigenvalue weighted by Gasteiger charge is -2.31. The van der Waals surface area contributed by atoms with Crippen molar-refractivity contribution in [3.8, 4) is 11.3 Å². The smallest absolute Gasteiger partial charge is 0.167 e. The molecule has 1 N–H and O–H groups in total. The highest BCUT2D eigenvalue weighted by Gasteiger charge is 2.24. The Kier molecular flexibility index (Phi) is 4.44. The van der Waals surface area contributed by atoms with E-state index >= 15 is 0 Å². The summed E-state index contributed by atoms with van der Waals surface area (Å²) < 4.78 is 5.50. The molecule has 1 aliphatic carbocycles. The molecule has 2 fully saturated rings. The summed E-state index contributed by atoms with van der Waals surface area (Å²) in [7, 11) is 0. The first-order valence-corrected chi connectivity index (χ1v) is 8.83. The van der Waals surface area contributed by atoms with Gasteiger partial charge in [0.2, 0.25) is 0 Å². The first-order chi connectivity index (χ1) is 11.4. The fourth-order valence-electron chi connectivity index (χ4n) is 3.30. The van der Waals surface area contributed by atoms with Crippen LogP contribution in [0.25, 0.3) is 11.3 Å². The van der Waals surface area contributed by atoms with Crippen molar-refractivity contribution in [3.63, 3.8) is 0 Å². The zero-order valence-corrected chi connectivity index (χ0v) is 13.6. The molecule has 0 unspecified atom stereocenters. The van der Waals surface area contributed by atoms with Crippen molar-refractivity contribution in [2.75, 3.05) is 19.6 Å². The molecule has 4 rings (SSSR count). The van der Waals surface area contributed by atoms with Gasteiger partial charge in [0.25, 0.3) is 0 Å². The standard InChI is InChI=1S/C19H25N3O/c1-2-4-16(5-3-1)19-12-18(21-23-19)14-22-10-8-17(9-11-22)20-13-15-6-7-15/h1-5,12,15,17,20H,6-11,13-14H2. The van der Waals surface area contributed by atoms with Gasteiger partial charge in [0.1, 0.15) is 0 Å². The van der Waals surface area contributed by atoms with E-state index in [1.54, 1.807) is 0 Å². The van der Waals surface area contributed by atoms with Gasteiger partial charge in [-0.05, 0) is 38.1 Å². The normalized spacial score (nSPS) is 20.0. The monoisotopic (exact) mass is 311 g/mol. The molecule has 1 aromatic heterocycles. The van der Waals surface area contributed by atoms with Crippen LogP contribution >= 0.6 is 0 Å². The van der Waals surface area contributed by atoms with E-state index in [2.05, 4.69) is 33.6 Å². The van der Waals surface area contributed by atoms with Crippen LogP contribution in [-0.2, 0) is 6.54 Å². The SMILES string of the molecule is c1ccc(-c2cc(CN3CCC(NCC4CC4)CC3)no2)cc1. The average Bonchev–Trinajstić information content (AvgIpc) is 3.32. The Hall–Kier alpha value is -1.65. The van der Waals surface area contributed by atoms with E-state index in [0.717, 1.165) is 42.6 Å². The molecule has 1 aromatic carbocycles. The largest absolute Gasteiger partial charge is 0.356 e. The lowest BCUT2D eigenvalue weighted by Crippen LogP contribution is -2.42. The van der Waals surface area contributed by atoms with Crippen molar-refractivity contribution < 1.29 is 4.52 Å². The number of aromatic nitrogens is 1. The fraction of sp³-hybridized carbons (Fsp3) is 0.526. The molecule has 2 aliphatic rings. The Morgan fingerprint density at radius 1 is 1.09 bits per heavy atom. The highest BCUT2D eigenvalue weighted by Crippen LogP contribution is 2.28. The Labute approximate surface area is 137 Å². The summed E-state index contributed by atoms with van der Waals surface area (Å²) >= 11 is 0. The number of piperidine rings is 1. The molecule has 4 heteroatoms. The number of hydrogen-bond donors (Lipinski definition) is 1. The van der Waals surface area contributed by atoms with Crippen LogP contribution in [0.1, 0.15) is 31.4 Å². The Morgan fingerprint density at radius 2 is 1.87 bits per heavy atom. The lowest BCUT2D eigenvalue weighted by atomic mass is 10.0. The summed E-state index contributed by atoms with van der Waals surface area (Å²) in [6.07, 6.45) is 5.36. The molecule has 0 radical (unpaired) electrons. The summed E-state index contributed by atoms with van der Waals surface area (Å²) in [6.45, 7) is 4.42. The van der Waals surface area contributed by atoms with Crippen molar-refractivity contribution in [2.45, 2.75) is 38.3 Å². The molecule has 0 spiro atoms. The maximum atomic E-state index is 5.50. The van der Waals surface area contributed by atoms with E-state index in [0.29, 0.717) is 6.04 Å². The molecule has 1 saturated heterocycles. The van der Waals surface area contributed by atoms with Gasteiger partial charge >= 0.3 is 0 Å². The summed E-state index contributed by atoms with van der Waals surface area (Å²) in [5.41, 5.74) is 2.13. The van der Waals surface area contributed by atoms with Crippen LogP contribution in [0.3, 0.4) is 0 Å². The molecule has 122 valence electrons. The van der Waals surface area contributed by atoms with E-state index in [9.17, 15) is 0 Å². The molecule has 0 atom stereocenters. The molecule has 0 amide bonds. The Bertz CT molecular complexity index is 613. The third kappa shape index (κ3) is 4.01. The van der Waals surface area contributed by atoms with Gasteiger partial charge in [-0.25, -0.2) is 0 Å². The second kappa shape index (κ2) is 6.85. The van der Waals surface area contributed by atoms with Crippen molar-refractivity contribution in [1.82, 2.24) is 15.4 Å². The van der Waals surface area contributed by atoms with Crippen LogP contribution in [0.4, 0.5) is 0 Å². The molecule has 2 aromatic rings. The summed E-state index contributed by atoms with van der Waals surface area (Å²) in [5, 5.41) is 7.97. The number of nitrogens with one attached hydrogen (secondary N) is 1. The number of rotatable bonds is 6. The number of benzene rings is 1. The second-order valence-corrected chi connectivity index (χ2v) is 6.95. The minimum Gasteiger partial charge on any atom is -0.356 e. The van der Waals surface area contributed by atoms with E-state index in [1.165, 1.54) is 32.2 Å². The van der Waals surface area contributed by atoms with E-state index < -0.39 is 0 Å². The van der Waals surface area contributed by atoms with Gasteiger partial charge in [0.15, 0.2) is 5.76 Å². The zero-order valence-electron chi connectivity index (χ0n) is 13.6. The molecule has 1 saturated carbocycles. The van der Waals surface area contributed by atoms with Crippen molar-refractivity contribution in [1.29, 1.82) is 0 Å². The quantitative estimate of drug-likeness (QED) is 0.888. The predicted octanol–water partition coefficient (Wildman–Crippen LogP) is 3.31. The maximum Gasteiger partial charge on any atom is 0.167 e. The third-order valence-corrected chi connectivity index (χ3v) is 4.98. The molecular weight excluding hydrogens is 286 g/mol. The van der Waals surface area contributed by atoms with Crippen molar-refractivity contribution in [2.24, 2.45) is 5.92 Å². The van der Waals surface area contributed by atoms with E-state index in [-0.39, 0.29) is 0 Å². The highest BCUT2D eigenvalue weighted by molar-refractivity contribution is 5.56. The van der Waals surface area contributed by atoms with Gasteiger partial charge in [-0.3, -0.25) is 4.90 Å². The molecule has 4 nitrogen and oxygen atoms in total. The average molecular weight is 311 g/mol. The summed E-state index contributed by atoms with van der Waals surface area (Å²) in [6, 6.07) is 13.0. The van der Waals surface area contributed by atoms with Gasteiger partial charge in [-0.15, -0.1) is 0 Å². The summed E-state index contributed by atoms with van der Waals surface area (Å²) in [4.78, 5) is 2.49. The lowest BCUT2D eigenvalue weighted by molar-refractivity contribution is 0.186. The highest BCUT2D eigenvalue weighted by atomic mass is 16.5. The van der Waals surface area contributed by atoms with Gasteiger partial charge in [-0.2, -0.15) is 0 Å². The molecule has 2 heterocycles. The van der Waals surface area contributed by atoms with Gasteiger partial charge in [0.05, 0.1) is 5.69 Å². The molecular formula is C19H25N3O. The Morgan fingerprint density at radius 3 is 2.61 bits per heavy atom. The van der Waals surface area contributed by atoms with Gasteiger partial charge < -0.3 is 9.84 Å². The van der Waals surface area contributed by atoms with Crippen LogP contribution in [0.2, 0.25) is 0 Å². The number of nitrogens with zero attached hydrogens (tertiary/aromatic N) is 2. The zero-order chi connectivity index (χ0) is 15.5. The third-order valence-electron chi connectivity index (χ3n) is 4.98. The van der Waals surface area contributed by atoms with Gasteiger partial charge in [-0.1, -0.05) is 35.5 Å².